The van der Waals surface area contributed by atoms with E-state index in [1.165, 1.54) is 48.6 Å². The monoisotopic (exact) mass is 464 g/mol. The summed E-state index contributed by atoms with van der Waals surface area (Å²) in [5.74, 6) is -0.713. The van der Waals surface area contributed by atoms with Gasteiger partial charge in [0.2, 0.25) is 11.8 Å². The van der Waals surface area contributed by atoms with Crippen LogP contribution in [-0.2, 0) is 9.59 Å². The molecular weight excluding hydrogens is 440 g/mol. The Morgan fingerprint density at radius 3 is 1.56 bits per heavy atom. The third-order valence-electron chi connectivity index (χ3n) is 5.44. The molecule has 0 bridgehead atoms. The van der Waals surface area contributed by atoms with Gasteiger partial charge in [-0.25, -0.2) is 0 Å². The van der Waals surface area contributed by atoms with Crippen molar-refractivity contribution in [2.75, 3.05) is 0 Å². The Bertz CT molecular complexity index is 1050. The maximum Gasteiger partial charge on any atom is 0.270 e. The average Bonchev–Trinajstić information content (AvgIpc) is 2.83. The van der Waals surface area contributed by atoms with E-state index in [1.807, 2.05) is 0 Å². The fourth-order valence-corrected chi connectivity index (χ4v) is 3.77. The molecule has 0 spiro atoms. The van der Waals surface area contributed by atoms with E-state index in [0.717, 1.165) is 12.8 Å². The van der Waals surface area contributed by atoms with Crippen LogP contribution in [0.15, 0.2) is 60.7 Å². The van der Waals surface area contributed by atoms with Crippen molar-refractivity contribution in [3.8, 4) is 0 Å². The van der Waals surface area contributed by atoms with Crippen molar-refractivity contribution in [1.82, 2.24) is 10.6 Å². The number of rotatable bonds is 8. The Labute approximate surface area is 195 Å². The molecule has 2 unspecified atom stereocenters. The summed E-state index contributed by atoms with van der Waals surface area (Å²) in [6, 6.07) is 11.4. The number of carbonyl (C=O) groups excluding carboxylic acids is 2. The Morgan fingerprint density at radius 1 is 0.765 bits per heavy atom. The van der Waals surface area contributed by atoms with Crippen LogP contribution in [0.4, 0.5) is 11.4 Å². The fraction of sp³-hybridized carbons (Fsp3) is 0.250. The number of hydrogen-bond acceptors (Lipinski definition) is 6. The van der Waals surface area contributed by atoms with Crippen molar-refractivity contribution in [3.05, 3.63) is 92.0 Å². The molecule has 3 rings (SSSR count). The van der Waals surface area contributed by atoms with Crippen LogP contribution in [0, 0.1) is 20.2 Å². The predicted molar refractivity (Wildman–Crippen MR) is 127 cm³/mol. The molecule has 2 N–H and O–H groups in total. The summed E-state index contributed by atoms with van der Waals surface area (Å²) in [5.41, 5.74) is 0.944. The van der Waals surface area contributed by atoms with Gasteiger partial charge in [0, 0.05) is 48.5 Å². The molecule has 0 aliphatic heterocycles. The lowest BCUT2D eigenvalue weighted by molar-refractivity contribution is -0.385. The zero-order valence-corrected chi connectivity index (χ0v) is 18.3. The Hall–Kier alpha value is -4.34. The molecule has 10 heteroatoms. The highest BCUT2D eigenvalue weighted by atomic mass is 16.6. The molecule has 34 heavy (non-hydrogen) atoms. The van der Waals surface area contributed by atoms with Gasteiger partial charge in [-0.15, -0.1) is 0 Å². The molecule has 2 atom stereocenters. The van der Waals surface area contributed by atoms with Gasteiger partial charge < -0.3 is 10.6 Å². The molecule has 0 heterocycles. The second kappa shape index (κ2) is 11.5. The van der Waals surface area contributed by atoms with Gasteiger partial charge >= 0.3 is 0 Å². The van der Waals surface area contributed by atoms with E-state index in [9.17, 15) is 29.8 Å². The van der Waals surface area contributed by atoms with E-state index in [2.05, 4.69) is 10.6 Å². The van der Waals surface area contributed by atoms with Gasteiger partial charge in [-0.1, -0.05) is 37.1 Å². The first-order valence-electron chi connectivity index (χ1n) is 10.8. The highest BCUT2D eigenvalue weighted by Crippen LogP contribution is 2.19. The van der Waals surface area contributed by atoms with Crippen LogP contribution in [0.1, 0.15) is 36.8 Å². The molecule has 2 aromatic rings. The second-order valence-electron chi connectivity index (χ2n) is 7.89. The number of carbonyl (C=O) groups is 2. The van der Waals surface area contributed by atoms with Crippen LogP contribution in [0.2, 0.25) is 0 Å². The average molecular weight is 464 g/mol. The molecular formula is C24H24N4O6. The largest absolute Gasteiger partial charge is 0.348 e. The third-order valence-corrected chi connectivity index (χ3v) is 5.44. The fourth-order valence-electron chi connectivity index (χ4n) is 3.77. The zero-order chi connectivity index (χ0) is 24.5. The van der Waals surface area contributed by atoms with Crippen molar-refractivity contribution >= 4 is 35.3 Å². The van der Waals surface area contributed by atoms with Gasteiger partial charge in [-0.2, -0.15) is 0 Å². The number of nitrogens with zero attached hydrogens (tertiary/aromatic N) is 2. The van der Waals surface area contributed by atoms with Crippen molar-refractivity contribution < 1.29 is 19.4 Å². The minimum Gasteiger partial charge on any atom is -0.348 e. The maximum absolute atomic E-state index is 12.4. The summed E-state index contributed by atoms with van der Waals surface area (Å²) in [6.07, 6.45) is 8.86. The van der Waals surface area contributed by atoms with Gasteiger partial charge in [0.25, 0.3) is 11.4 Å². The molecule has 2 aromatic carbocycles. The standard InChI is InChI=1S/C24H24N4O6/c29-23(13-11-17-5-3-7-19(15-17)27(31)32)25-21-9-1-2-10-22(21)26-24(30)14-12-18-6-4-8-20(16-18)28(33)34/h3-8,11-16,21-22H,1-2,9-10H2,(H,25,29)(H,26,30)/b13-11+,14-12+. The first-order chi connectivity index (χ1) is 16.3. The molecule has 176 valence electrons. The molecule has 10 nitrogen and oxygen atoms in total. The smallest absolute Gasteiger partial charge is 0.270 e. The molecule has 0 aromatic heterocycles. The first kappa shape index (κ1) is 24.3. The first-order valence-corrected chi connectivity index (χ1v) is 10.8. The predicted octanol–water partition coefficient (Wildman–Crippen LogP) is 3.77. The van der Waals surface area contributed by atoms with Crippen LogP contribution in [0.5, 0.6) is 0 Å². The summed E-state index contributed by atoms with van der Waals surface area (Å²) in [4.78, 5) is 45.6. The number of nitrogens with one attached hydrogen (secondary N) is 2. The van der Waals surface area contributed by atoms with Crippen molar-refractivity contribution in [2.24, 2.45) is 0 Å². The Balaban J connectivity index is 1.58. The molecule has 2 amide bonds. The number of hydrogen-bond donors (Lipinski definition) is 2. The lowest BCUT2D eigenvalue weighted by Crippen LogP contribution is -2.52. The van der Waals surface area contributed by atoms with Gasteiger partial charge in [0.05, 0.1) is 9.85 Å². The van der Waals surface area contributed by atoms with E-state index in [-0.39, 0.29) is 35.3 Å². The second-order valence-corrected chi connectivity index (χ2v) is 7.89. The SMILES string of the molecule is O=C(/C=C/c1cccc([N+](=O)[O-])c1)NC1CCCCC1NC(=O)/C=C/c1cccc([N+](=O)[O-])c1. The summed E-state index contributed by atoms with van der Waals surface area (Å²) in [5, 5.41) is 27.6. The molecule has 1 aliphatic carbocycles. The Morgan fingerprint density at radius 2 is 1.18 bits per heavy atom. The van der Waals surface area contributed by atoms with E-state index < -0.39 is 9.85 Å². The number of nitro groups is 2. The number of non-ortho nitro benzene ring substituents is 2. The van der Waals surface area contributed by atoms with Crippen molar-refractivity contribution in [2.45, 2.75) is 37.8 Å². The van der Waals surface area contributed by atoms with E-state index in [0.29, 0.717) is 24.0 Å². The summed E-state index contributed by atoms with van der Waals surface area (Å²) in [7, 11) is 0. The van der Waals surface area contributed by atoms with E-state index in [4.69, 9.17) is 0 Å². The lowest BCUT2D eigenvalue weighted by atomic mass is 9.90. The quantitative estimate of drug-likeness (QED) is 0.346. The maximum atomic E-state index is 12.4. The van der Waals surface area contributed by atoms with Gasteiger partial charge in [-0.3, -0.25) is 29.8 Å². The number of nitro benzene ring substituents is 2. The van der Waals surface area contributed by atoms with Crippen LogP contribution in [0.3, 0.4) is 0 Å². The normalized spacial score (nSPS) is 18.0. The van der Waals surface area contributed by atoms with E-state index >= 15 is 0 Å². The molecule has 1 saturated carbocycles. The van der Waals surface area contributed by atoms with Crippen molar-refractivity contribution in [3.63, 3.8) is 0 Å². The lowest BCUT2D eigenvalue weighted by Gasteiger charge is -2.32. The summed E-state index contributed by atoms with van der Waals surface area (Å²) in [6.45, 7) is 0. The third kappa shape index (κ3) is 7.09. The summed E-state index contributed by atoms with van der Waals surface area (Å²) >= 11 is 0. The zero-order valence-electron chi connectivity index (χ0n) is 18.3. The van der Waals surface area contributed by atoms with Crippen molar-refractivity contribution in [1.29, 1.82) is 0 Å². The molecule has 0 saturated heterocycles. The highest BCUT2D eigenvalue weighted by molar-refractivity contribution is 5.93. The minimum atomic E-state index is -0.500. The van der Waals surface area contributed by atoms with Gasteiger partial charge in [0.1, 0.15) is 0 Å². The van der Waals surface area contributed by atoms with Crippen LogP contribution >= 0.6 is 0 Å². The van der Waals surface area contributed by atoms with E-state index in [1.54, 1.807) is 24.3 Å². The van der Waals surface area contributed by atoms with Crippen LogP contribution in [-0.4, -0.2) is 33.7 Å². The van der Waals surface area contributed by atoms with Crippen LogP contribution < -0.4 is 10.6 Å². The Kier molecular flexibility index (Phi) is 8.22. The highest BCUT2D eigenvalue weighted by Gasteiger charge is 2.26. The number of benzene rings is 2. The van der Waals surface area contributed by atoms with Crippen LogP contribution in [0.25, 0.3) is 12.2 Å². The molecule has 0 radical (unpaired) electrons. The molecule has 1 fully saturated rings. The minimum absolute atomic E-state index is 0.0595. The van der Waals surface area contributed by atoms with Gasteiger partial charge in [0.15, 0.2) is 0 Å². The summed E-state index contributed by atoms with van der Waals surface area (Å²) < 4.78 is 0. The van der Waals surface area contributed by atoms with Gasteiger partial charge in [-0.05, 0) is 36.1 Å². The topological polar surface area (TPSA) is 144 Å². The number of amides is 2. The molecule has 1 aliphatic rings.